The van der Waals surface area contributed by atoms with Gasteiger partial charge in [-0.1, -0.05) is 13.3 Å². The smallest absolute Gasteiger partial charge is 0.240 e. The minimum Gasteiger partial charge on any atom is -0.335 e. The number of fused-ring (bicyclic) bond motifs is 1. The number of nitrogens with zero attached hydrogens (tertiary/aromatic N) is 2. The molecule has 2 atom stereocenters. The molecule has 2 aliphatic heterocycles. The van der Waals surface area contributed by atoms with Crippen molar-refractivity contribution in [1.29, 1.82) is 0 Å². The van der Waals surface area contributed by atoms with Crippen LogP contribution >= 0.6 is 0 Å². The Labute approximate surface area is 91.6 Å². The van der Waals surface area contributed by atoms with Gasteiger partial charge in [0.25, 0.3) is 0 Å². The lowest BCUT2D eigenvalue weighted by Gasteiger charge is -2.45. The summed E-state index contributed by atoms with van der Waals surface area (Å²) in [6, 6.07) is 0.471. The summed E-state index contributed by atoms with van der Waals surface area (Å²) in [5.74, 6) is 0.321. The summed E-state index contributed by atoms with van der Waals surface area (Å²) in [7, 11) is 2.12. The van der Waals surface area contributed by atoms with Crippen LogP contribution in [0.3, 0.4) is 0 Å². The second-order valence-corrected chi connectivity index (χ2v) is 4.70. The van der Waals surface area contributed by atoms with Gasteiger partial charge in [-0.3, -0.25) is 4.79 Å². The number of hydrogen-bond acceptors (Lipinski definition) is 3. The maximum atomic E-state index is 12.1. The van der Waals surface area contributed by atoms with Gasteiger partial charge in [0.15, 0.2) is 0 Å². The molecule has 0 aromatic carbocycles. The largest absolute Gasteiger partial charge is 0.335 e. The number of hydrogen-bond donors (Lipinski definition) is 1. The van der Waals surface area contributed by atoms with Crippen molar-refractivity contribution >= 4 is 5.91 Å². The number of carbonyl (C=O) groups is 1. The number of rotatable bonds is 2. The molecule has 2 fully saturated rings. The Balaban J connectivity index is 1.99. The van der Waals surface area contributed by atoms with Crippen LogP contribution in [0, 0.1) is 0 Å². The van der Waals surface area contributed by atoms with Gasteiger partial charge in [-0.2, -0.15) is 0 Å². The summed E-state index contributed by atoms with van der Waals surface area (Å²) in [5.41, 5.74) is 0. The summed E-state index contributed by atoms with van der Waals surface area (Å²) < 4.78 is 0. The Morgan fingerprint density at radius 3 is 3.00 bits per heavy atom. The monoisotopic (exact) mass is 211 g/mol. The van der Waals surface area contributed by atoms with Crippen LogP contribution in [0.2, 0.25) is 0 Å². The predicted molar refractivity (Wildman–Crippen MR) is 59.7 cm³/mol. The van der Waals surface area contributed by atoms with Crippen molar-refractivity contribution in [3.8, 4) is 0 Å². The third kappa shape index (κ3) is 2.16. The normalized spacial score (nSPS) is 32.9. The Hall–Kier alpha value is -0.610. The lowest BCUT2D eigenvalue weighted by molar-refractivity contribution is -0.141. The van der Waals surface area contributed by atoms with Crippen LogP contribution in [0.15, 0.2) is 0 Å². The third-order valence-electron chi connectivity index (χ3n) is 3.44. The van der Waals surface area contributed by atoms with Gasteiger partial charge in [0.05, 0.1) is 12.1 Å². The SMILES string of the molecule is CCCC1NCC2CN(C)CCN2C1=O. The maximum Gasteiger partial charge on any atom is 0.240 e. The molecule has 15 heavy (non-hydrogen) atoms. The molecule has 2 aliphatic rings. The molecular weight excluding hydrogens is 190 g/mol. The molecule has 2 rings (SSSR count). The van der Waals surface area contributed by atoms with E-state index in [2.05, 4.69) is 29.1 Å². The fraction of sp³-hybridized carbons (Fsp3) is 0.909. The van der Waals surface area contributed by atoms with Gasteiger partial charge in [0.2, 0.25) is 5.91 Å². The molecule has 0 spiro atoms. The van der Waals surface area contributed by atoms with E-state index in [1.54, 1.807) is 0 Å². The lowest BCUT2D eigenvalue weighted by atomic mass is 10.0. The average Bonchev–Trinajstić information content (AvgIpc) is 2.22. The summed E-state index contributed by atoms with van der Waals surface area (Å²) >= 11 is 0. The molecule has 4 nitrogen and oxygen atoms in total. The zero-order valence-electron chi connectivity index (χ0n) is 9.70. The topological polar surface area (TPSA) is 35.6 Å². The Kier molecular flexibility index (Phi) is 3.26. The quantitative estimate of drug-likeness (QED) is 0.693. The van der Waals surface area contributed by atoms with Crippen LogP contribution in [0.5, 0.6) is 0 Å². The Bertz CT molecular complexity index is 244. The number of likely N-dealkylation sites (N-methyl/N-ethyl adjacent to an activating group) is 1. The number of carbonyl (C=O) groups excluding carboxylic acids is 1. The second kappa shape index (κ2) is 4.49. The van der Waals surface area contributed by atoms with E-state index < -0.39 is 0 Å². The summed E-state index contributed by atoms with van der Waals surface area (Å²) in [6.07, 6.45) is 2.04. The molecule has 0 aromatic rings. The zero-order valence-corrected chi connectivity index (χ0v) is 9.70. The molecule has 0 bridgehead atoms. The van der Waals surface area contributed by atoms with E-state index in [0.717, 1.165) is 39.0 Å². The first-order valence-electron chi connectivity index (χ1n) is 5.94. The molecule has 2 unspecified atom stereocenters. The van der Waals surface area contributed by atoms with Crippen molar-refractivity contribution in [3.05, 3.63) is 0 Å². The van der Waals surface area contributed by atoms with Gasteiger partial charge in [-0.25, -0.2) is 0 Å². The number of piperazine rings is 2. The van der Waals surface area contributed by atoms with E-state index in [1.807, 2.05) is 0 Å². The molecule has 0 saturated carbocycles. The predicted octanol–water partition coefficient (Wildman–Crippen LogP) is -0.0991. The van der Waals surface area contributed by atoms with E-state index in [-0.39, 0.29) is 6.04 Å². The van der Waals surface area contributed by atoms with E-state index in [9.17, 15) is 4.79 Å². The van der Waals surface area contributed by atoms with E-state index >= 15 is 0 Å². The lowest BCUT2D eigenvalue weighted by Crippen LogP contribution is -2.66. The van der Waals surface area contributed by atoms with Crippen LogP contribution in [0.25, 0.3) is 0 Å². The number of amides is 1. The minimum atomic E-state index is 0.0784. The Morgan fingerprint density at radius 1 is 1.47 bits per heavy atom. The van der Waals surface area contributed by atoms with Gasteiger partial charge in [0, 0.05) is 26.2 Å². The summed E-state index contributed by atoms with van der Waals surface area (Å²) in [6.45, 7) is 6.02. The van der Waals surface area contributed by atoms with Gasteiger partial charge in [0.1, 0.15) is 0 Å². The molecular formula is C11H21N3O. The zero-order chi connectivity index (χ0) is 10.8. The minimum absolute atomic E-state index is 0.0784. The van der Waals surface area contributed by atoms with Crippen molar-refractivity contribution in [2.75, 3.05) is 33.2 Å². The van der Waals surface area contributed by atoms with Crippen molar-refractivity contribution in [3.63, 3.8) is 0 Å². The van der Waals surface area contributed by atoms with Crippen LogP contribution < -0.4 is 5.32 Å². The van der Waals surface area contributed by atoms with Gasteiger partial charge in [-0.15, -0.1) is 0 Å². The first kappa shape index (κ1) is 10.9. The number of nitrogens with one attached hydrogen (secondary N) is 1. The average molecular weight is 211 g/mol. The second-order valence-electron chi connectivity index (χ2n) is 4.70. The molecule has 2 saturated heterocycles. The molecule has 0 aliphatic carbocycles. The molecule has 0 aromatic heterocycles. The maximum absolute atomic E-state index is 12.1. The van der Waals surface area contributed by atoms with E-state index in [1.165, 1.54) is 0 Å². The van der Waals surface area contributed by atoms with E-state index in [0.29, 0.717) is 11.9 Å². The molecule has 86 valence electrons. The van der Waals surface area contributed by atoms with Gasteiger partial charge >= 0.3 is 0 Å². The molecule has 0 radical (unpaired) electrons. The standard InChI is InChI=1S/C11H21N3O/c1-3-4-10-11(15)14-6-5-13(2)8-9(14)7-12-10/h9-10,12H,3-8H2,1-2H3. The van der Waals surface area contributed by atoms with Crippen molar-refractivity contribution < 1.29 is 4.79 Å². The first-order valence-corrected chi connectivity index (χ1v) is 5.94. The van der Waals surface area contributed by atoms with Crippen molar-refractivity contribution in [2.24, 2.45) is 0 Å². The summed E-state index contributed by atoms with van der Waals surface area (Å²) in [5, 5.41) is 3.37. The van der Waals surface area contributed by atoms with Crippen LogP contribution in [0.1, 0.15) is 19.8 Å². The Morgan fingerprint density at radius 2 is 2.27 bits per heavy atom. The van der Waals surface area contributed by atoms with Crippen LogP contribution in [0.4, 0.5) is 0 Å². The van der Waals surface area contributed by atoms with Gasteiger partial charge in [-0.05, 0) is 13.5 Å². The highest BCUT2D eigenvalue weighted by atomic mass is 16.2. The summed E-state index contributed by atoms with van der Waals surface area (Å²) in [4.78, 5) is 16.5. The highest BCUT2D eigenvalue weighted by molar-refractivity contribution is 5.83. The first-order chi connectivity index (χ1) is 7.22. The van der Waals surface area contributed by atoms with Crippen molar-refractivity contribution in [2.45, 2.75) is 31.8 Å². The van der Waals surface area contributed by atoms with Crippen molar-refractivity contribution in [1.82, 2.24) is 15.1 Å². The highest BCUT2D eigenvalue weighted by Crippen LogP contribution is 2.16. The van der Waals surface area contributed by atoms with Crippen LogP contribution in [-0.4, -0.2) is 61.0 Å². The molecule has 1 amide bonds. The fourth-order valence-corrected chi connectivity index (χ4v) is 2.56. The molecule has 1 N–H and O–H groups in total. The van der Waals surface area contributed by atoms with Gasteiger partial charge < -0.3 is 15.1 Å². The highest BCUT2D eigenvalue weighted by Gasteiger charge is 2.36. The fourth-order valence-electron chi connectivity index (χ4n) is 2.56. The third-order valence-corrected chi connectivity index (χ3v) is 3.44. The molecule has 2 heterocycles. The van der Waals surface area contributed by atoms with Crippen LogP contribution in [-0.2, 0) is 4.79 Å². The molecule has 4 heteroatoms. The van der Waals surface area contributed by atoms with E-state index in [4.69, 9.17) is 0 Å².